The molecular formula is C19H18BrF2N3O3. The molecule has 3 amide bonds. The standard InChI is InChI=1S/C19H18BrF2N3O3/c1-2-3-8-28-19(27)25-14-7-5-4-6-11(14)10-24(18(25)26)17-12(21)9-13(23)15(20)16(17)22/h4-7,9H,2-3,8,10,23H2,1H3. The Bertz CT molecular complexity index is 939. The van der Waals surface area contributed by atoms with Crippen molar-refractivity contribution in [1.82, 2.24) is 0 Å². The van der Waals surface area contributed by atoms with Crippen LogP contribution < -0.4 is 15.5 Å². The lowest BCUT2D eigenvalue weighted by Crippen LogP contribution is -2.51. The van der Waals surface area contributed by atoms with Gasteiger partial charge in [0.1, 0.15) is 5.69 Å². The van der Waals surface area contributed by atoms with Crippen LogP contribution >= 0.6 is 15.9 Å². The third-order valence-corrected chi connectivity index (χ3v) is 5.13. The molecule has 0 aliphatic carbocycles. The Morgan fingerprint density at radius 2 is 2.04 bits per heavy atom. The summed E-state index contributed by atoms with van der Waals surface area (Å²) in [5.74, 6) is -2.03. The number of carbonyl (C=O) groups is 2. The average Bonchev–Trinajstić information content (AvgIpc) is 2.66. The molecule has 0 spiro atoms. The first kappa shape index (κ1) is 20.1. The van der Waals surface area contributed by atoms with Gasteiger partial charge < -0.3 is 10.5 Å². The lowest BCUT2D eigenvalue weighted by molar-refractivity contribution is 0.152. The minimum Gasteiger partial charge on any atom is -0.449 e. The van der Waals surface area contributed by atoms with Crippen LogP contribution in [-0.2, 0) is 11.3 Å². The number of para-hydroxylation sites is 1. The monoisotopic (exact) mass is 453 g/mol. The van der Waals surface area contributed by atoms with Crippen molar-refractivity contribution in [2.75, 3.05) is 22.1 Å². The molecule has 0 saturated heterocycles. The predicted molar refractivity (Wildman–Crippen MR) is 105 cm³/mol. The maximum Gasteiger partial charge on any atom is 0.422 e. The molecule has 6 nitrogen and oxygen atoms in total. The maximum absolute atomic E-state index is 14.7. The predicted octanol–water partition coefficient (Wildman–Crippen LogP) is 5.19. The lowest BCUT2D eigenvalue weighted by Gasteiger charge is -2.35. The van der Waals surface area contributed by atoms with Gasteiger partial charge in [-0.25, -0.2) is 18.4 Å². The van der Waals surface area contributed by atoms with E-state index in [0.29, 0.717) is 17.7 Å². The first-order valence-corrected chi connectivity index (χ1v) is 9.45. The van der Waals surface area contributed by atoms with E-state index >= 15 is 0 Å². The van der Waals surface area contributed by atoms with Crippen molar-refractivity contribution in [2.24, 2.45) is 0 Å². The molecule has 2 N–H and O–H groups in total. The fourth-order valence-corrected chi connectivity index (χ4v) is 3.20. The Morgan fingerprint density at radius 1 is 1.32 bits per heavy atom. The van der Waals surface area contributed by atoms with Gasteiger partial charge >= 0.3 is 12.1 Å². The lowest BCUT2D eigenvalue weighted by atomic mass is 10.1. The largest absolute Gasteiger partial charge is 0.449 e. The summed E-state index contributed by atoms with van der Waals surface area (Å²) in [6.07, 6.45) is 0.540. The number of unbranched alkanes of at least 4 members (excludes halogenated alkanes) is 1. The number of imide groups is 1. The molecule has 0 radical (unpaired) electrons. The van der Waals surface area contributed by atoms with Crippen molar-refractivity contribution < 1.29 is 23.1 Å². The minimum absolute atomic E-state index is 0.113. The van der Waals surface area contributed by atoms with Gasteiger partial charge in [0.05, 0.1) is 29.0 Å². The topological polar surface area (TPSA) is 75.9 Å². The molecule has 1 heterocycles. The fourth-order valence-electron chi connectivity index (χ4n) is 2.90. The summed E-state index contributed by atoms with van der Waals surface area (Å²) in [6, 6.07) is 6.63. The number of rotatable bonds is 4. The van der Waals surface area contributed by atoms with Crippen molar-refractivity contribution in [2.45, 2.75) is 26.3 Å². The number of nitrogen functional groups attached to an aromatic ring is 1. The van der Waals surface area contributed by atoms with Crippen LogP contribution in [0, 0.1) is 11.6 Å². The van der Waals surface area contributed by atoms with Crippen LogP contribution in [0.25, 0.3) is 0 Å². The van der Waals surface area contributed by atoms with E-state index in [1.165, 1.54) is 0 Å². The Balaban J connectivity index is 2.06. The van der Waals surface area contributed by atoms with Crippen molar-refractivity contribution in [3.05, 3.63) is 52.0 Å². The van der Waals surface area contributed by atoms with Crippen molar-refractivity contribution in [1.29, 1.82) is 0 Å². The first-order chi connectivity index (χ1) is 13.4. The number of fused-ring (bicyclic) bond motifs is 1. The number of urea groups is 1. The average molecular weight is 454 g/mol. The number of nitrogens with zero attached hydrogens (tertiary/aromatic N) is 2. The summed E-state index contributed by atoms with van der Waals surface area (Å²) >= 11 is 2.96. The van der Waals surface area contributed by atoms with E-state index in [1.807, 2.05) is 6.92 Å². The highest BCUT2D eigenvalue weighted by atomic mass is 79.9. The highest BCUT2D eigenvalue weighted by Gasteiger charge is 2.39. The Kier molecular flexibility index (Phi) is 5.83. The zero-order valence-electron chi connectivity index (χ0n) is 15.0. The van der Waals surface area contributed by atoms with E-state index in [4.69, 9.17) is 10.5 Å². The molecule has 9 heteroatoms. The number of ether oxygens (including phenoxy) is 1. The molecule has 28 heavy (non-hydrogen) atoms. The molecule has 0 aromatic heterocycles. The van der Waals surface area contributed by atoms with Gasteiger partial charge in [-0.15, -0.1) is 0 Å². The molecule has 2 aromatic rings. The summed E-state index contributed by atoms with van der Waals surface area (Å²) in [5, 5.41) is 0. The van der Waals surface area contributed by atoms with Crippen LogP contribution in [0.3, 0.4) is 0 Å². The Labute approximate surface area is 169 Å². The van der Waals surface area contributed by atoms with Crippen molar-refractivity contribution >= 4 is 45.1 Å². The van der Waals surface area contributed by atoms with Gasteiger partial charge in [-0.1, -0.05) is 31.5 Å². The molecular weight excluding hydrogens is 436 g/mol. The summed E-state index contributed by atoms with van der Waals surface area (Å²) in [5.41, 5.74) is 5.69. The number of amides is 3. The molecule has 0 fully saturated rings. The summed E-state index contributed by atoms with van der Waals surface area (Å²) in [7, 11) is 0. The van der Waals surface area contributed by atoms with E-state index in [9.17, 15) is 18.4 Å². The zero-order valence-corrected chi connectivity index (χ0v) is 16.6. The van der Waals surface area contributed by atoms with Gasteiger partial charge in [0.2, 0.25) is 0 Å². The second-order valence-corrected chi connectivity index (χ2v) is 7.02. The number of benzene rings is 2. The molecule has 3 rings (SSSR count). The summed E-state index contributed by atoms with van der Waals surface area (Å²) in [6.45, 7) is 1.96. The van der Waals surface area contributed by atoms with E-state index in [2.05, 4.69) is 15.9 Å². The van der Waals surface area contributed by atoms with Gasteiger partial charge in [0.25, 0.3) is 0 Å². The number of nitrogens with two attached hydrogens (primary N) is 1. The van der Waals surface area contributed by atoms with Crippen LogP contribution in [-0.4, -0.2) is 18.7 Å². The third-order valence-electron chi connectivity index (χ3n) is 4.32. The molecule has 0 atom stereocenters. The molecule has 0 saturated carbocycles. The van der Waals surface area contributed by atoms with Crippen molar-refractivity contribution in [3.8, 4) is 0 Å². The Hall–Kier alpha value is -2.68. The second-order valence-electron chi connectivity index (χ2n) is 6.22. The second kappa shape index (κ2) is 8.14. The highest BCUT2D eigenvalue weighted by molar-refractivity contribution is 9.10. The number of anilines is 3. The Morgan fingerprint density at radius 3 is 2.75 bits per heavy atom. The van der Waals surface area contributed by atoms with Gasteiger partial charge in [-0.3, -0.25) is 4.90 Å². The summed E-state index contributed by atoms with van der Waals surface area (Å²) < 4.78 is 34.3. The first-order valence-electron chi connectivity index (χ1n) is 8.66. The van der Waals surface area contributed by atoms with E-state index < -0.39 is 29.4 Å². The molecule has 1 aliphatic heterocycles. The van der Waals surface area contributed by atoms with Crippen molar-refractivity contribution in [3.63, 3.8) is 0 Å². The van der Waals surface area contributed by atoms with Gasteiger partial charge in [-0.05, 0) is 34.0 Å². The van der Waals surface area contributed by atoms with Gasteiger partial charge in [-0.2, -0.15) is 4.90 Å². The molecule has 148 valence electrons. The highest BCUT2D eigenvalue weighted by Crippen LogP contribution is 2.38. The van der Waals surface area contributed by atoms with Crippen LogP contribution in [0.2, 0.25) is 0 Å². The van der Waals surface area contributed by atoms with Crippen LogP contribution in [0.4, 0.5) is 35.4 Å². The molecule has 0 bridgehead atoms. The number of halogens is 3. The molecule has 2 aromatic carbocycles. The SMILES string of the molecule is CCCCOC(=O)N1C(=O)N(c2c(F)cc(N)c(Br)c2F)Cc2ccccc21. The fraction of sp³-hybridized carbons (Fsp3) is 0.263. The number of hydrogen-bond acceptors (Lipinski definition) is 4. The van der Waals surface area contributed by atoms with E-state index in [1.54, 1.807) is 24.3 Å². The summed E-state index contributed by atoms with van der Waals surface area (Å²) in [4.78, 5) is 27.2. The number of carbonyl (C=O) groups excluding carboxylic acids is 2. The van der Waals surface area contributed by atoms with Gasteiger partial charge in [0.15, 0.2) is 11.6 Å². The quantitative estimate of drug-likeness (QED) is 0.392. The van der Waals surface area contributed by atoms with Crippen LogP contribution in [0.5, 0.6) is 0 Å². The molecule has 1 aliphatic rings. The third kappa shape index (κ3) is 3.54. The normalized spacial score (nSPS) is 13.5. The maximum atomic E-state index is 14.7. The number of hydrogen-bond donors (Lipinski definition) is 1. The van der Waals surface area contributed by atoms with Crippen LogP contribution in [0.15, 0.2) is 34.8 Å². The zero-order chi connectivity index (χ0) is 20.4. The van der Waals surface area contributed by atoms with E-state index in [0.717, 1.165) is 22.3 Å². The molecule has 0 unspecified atom stereocenters. The van der Waals surface area contributed by atoms with Crippen LogP contribution in [0.1, 0.15) is 25.3 Å². The smallest absolute Gasteiger partial charge is 0.422 e. The van der Waals surface area contributed by atoms with E-state index in [-0.39, 0.29) is 23.3 Å². The van der Waals surface area contributed by atoms with Gasteiger partial charge in [0, 0.05) is 6.07 Å². The minimum atomic E-state index is -1.02.